The molecule has 0 fully saturated rings. The maximum absolute atomic E-state index is 11.1. The first-order valence-electron chi connectivity index (χ1n) is 6.13. The van der Waals surface area contributed by atoms with Gasteiger partial charge in [-0.3, -0.25) is 10.1 Å². The third-order valence-electron chi connectivity index (χ3n) is 2.74. The summed E-state index contributed by atoms with van der Waals surface area (Å²) in [5.41, 5.74) is 0.501. The van der Waals surface area contributed by atoms with Gasteiger partial charge >= 0.3 is 5.69 Å². The maximum Gasteiger partial charge on any atom is 0.333 e. The SMILES string of the molecule is CCCc1nn(C)c(NCC(O)CC)c1[N+](=O)[O-]. The quantitative estimate of drug-likeness (QED) is 0.569. The highest BCUT2D eigenvalue weighted by atomic mass is 16.6. The monoisotopic (exact) mass is 256 g/mol. The van der Waals surface area contributed by atoms with Gasteiger partial charge in [-0.25, -0.2) is 4.68 Å². The standard InChI is InChI=1S/C11H20N4O3/c1-4-6-9-10(15(17)18)11(14(3)13-9)12-7-8(16)5-2/h8,12,16H,4-7H2,1-3H3. The fraction of sp³-hybridized carbons (Fsp3) is 0.727. The number of hydrogen-bond acceptors (Lipinski definition) is 5. The van der Waals surface area contributed by atoms with Crippen molar-refractivity contribution in [2.75, 3.05) is 11.9 Å². The van der Waals surface area contributed by atoms with E-state index in [1.807, 2.05) is 13.8 Å². The van der Waals surface area contributed by atoms with Crippen LogP contribution in [0.5, 0.6) is 0 Å². The van der Waals surface area contributed by atoms with Crippen LogP contribution in [0, 0.1) is 10.1 Å². The smallest absolute Gasteiger partial charge is 0.333 e. The van der Waals surface area contributed by atoms with Crippen LogP contribution in [0.25, 0.3) is 0 Å². The molecule has 0 bridgehead atoms. The number of aliphatic hydroxyl groups is 1. The van der Waals surface area contributed by atoms with Crippen LogP contribution in [0.4, 0.5) is 11.5 Å². The normalized spacial score (nSPS) is 12.4. The van der Waals surface area contributed by atoms with Crippen LogP contribution in [0.1, 0.15) is 32.4 Å². The second-order valence-corrected chi connectivity index (χ2v) is 4.22. The number of nitro groups is 1. The number of hydrogen-bond donors (Lipinski definition) is 2. The molecule has 1 aromatic heterocycles. The van der Waals surface area contributed by atoms with Crippen LogP contribution in [-0.4, -0.2) is 32.5 Å². The zero-order valence-electron chi connectivity index (χ0n) is 11.0. The molecule has 2 N–H and O–H groups in total. The summed E-state index contributed by atoms with van der Waals surface area (Å²) in [6.45, 7) is 4.08. The van der Waals surface area contributed by atoms with E-state index in [1.54, 1.807) is 7.05 Å². The summed E-state index contributed by atoms with van der Waals surface area (Å²) in [7, 11) is 1.66. The number of aryl methyl sites for hydroxylation is 2. The first kappa shape index (κ1) is 14.4. The van der Waals surface area contributed by atoms with Crippen LogP contribution >= 0.6 is 0 Å². The minimum Gasteiger partial charge on any atom is -0.391 e. The molecule has 102 valence electrons. The second kappa shape index (κ2) is 6.34. The highest BCUT2D eigenvalue weighted by Crippen LogP contribution is 2.28. The largest absolute Gasteiger partial charge is 0.391 e. The van der Waals surface area contributed by atoms with Crippen molar-refractivity contribution in [3.05, 3.63) is 15.8 Å². The van der Waals surface area contributed by atoms with E-state index in [9.17, 15) is 15.2 Å². The molecule has 0 saturated heterocycles. The van der Waals surface area contributed by atoms with Gasteiger partial charge in [-0.2, -0.15) is 5.10 Å². The van der Waals surface area contributed by atoms with Gasteiger partial charge in [0.15, 0.2) is 0 Å². The molecule has 0 saturated carbocycles. The Kier molecular flexibility index (Phi) is 5.08. The highest BCUT2D eigenvalue weighted by molar-refractivity contribution is 5.59. The van der Waals surface area contributed by atoms with Gasteiger partial charge in [0, 0.05) is 13.6 Å². The number of aromatic nitrogens is 2. The zero-order valence-corrected chi connectivity index (χ0v) is 11.0. The number of nitrogens with zero attached hydrogens (tertiary/aromatic N) is 3. The van der Waals surface area contributed by atoms with E-state index in [-0.39, 0.29) is 12.2 Å². The zero-order chi connectivity index (χ0) is 13.7. The van der Waals surface area contributed by atoms with Crippen molar-refractivity contribution in [2.45, 2.75) is 39.2 Å². The van der Waals surface area contributed by atoms with Gasteiger partial charge in [-0.1, -0.05) is 20.3 Å². The Balaban J connectivity index is 2.98. The lowest BCUT2D eigenvalue weighted by molar-refractivity contribution is -0.384. The highest BCUT2D eigenvalue weighted by Gasteiger charge is 2.26. The number of anilines is 1. The molecule has 1 unspecified atom stereocenters. The molecule has 0 aliphatic carbocycles. The number of nitrogens with one attached hydrogen (secondary N) is 1. The summed E-state index contributed by atoms with van der Waals surface area (Å²) in [5, 5.41) is 27.6. The van der Waals surface area contributed by atoms with Gasteiger partial charge in [0.05, 0.1) is 11.0 Å². The fourth-order valence-corrected chi connectivity index (χ4v) is 1.72. The average Bonchev–Trinajstić information content (AvgIpc) is 2.63. The predicted octanol–water partition coefficient (Wildman–Crippen LogP) is 1.46. The Bertz CT molecular complexity index is 417. The first-order chi connectivity index (χ1) is 8.51. The van der Waals surface area contributed by atoms with Crippen LogP contribution in [0.15, 0.2) is 0 Å². The van der Waals surface area contributed by atoms with Gasteiger partial charge in [0.1, 0.15) is 5.69 Å². The molecule has 18 heavy (non-hydrogen) atoms. The summed E-state index contributed by atoms with van der Waals surface area (Å²) in [5.74, 6) is 0.357. The van der Waals surface area contributed by atoms with E-state index in [4.69, 9.17) is 0 Å². The molecule has 0 amide bonds. The van der Waals surface area contributed by atoms with E-state index >= 15 is 0 Å². The molecule has 1 aromatic rings. The predicted molar refractivity (Wildman–Crippen MR) is 68.6 cm³/mol. The average molecular weight is 256 g/mol. The summed E-state index contributed by atoms with van der Waals surface area (Å²) in [6, 6.07) is 0. The van der Waals surface area contributed by atoms with Crippen LogP contribution < -0.4 is 5.32 Å². The van der Waals surface area contributed by atoms with Crippen molar-refractivity contribution in [3.8, 4) is 0 Å². The third kappa shape index (κ3) is 3.19. The van der Waals surface area contributed by atoms with Gasteiger partial charge < -0.3 is 10.4 Å². The second-order valence-electron chi connectivity index (χ2n) is 4.22. The summed E-state index contributed by atoms with van der Waals surface area (Å²) < 4.78 is 1.46. The minimum atomic E-state index is -0.519. The van der Waals surface area contributed by atoms with Gasteiger partial charge in [0.25, 0.3) is 0 Å². The topological polar surface area (TPSA) is 93.2 Å². The molecule has 0 spiro atoms. The molecule has 0 radical (unpaired) electrons. The molecule has 0 aromatic carbocycles. The molecular weight excluding hydrogens is 236 g/mol. The third-order valence-corrected chi connectivity index (χ3v) is 2.74. The van der Waals surface area contributed by atoms with Gasteiger partial charge in [-0.15, -0.1) is 0 Å². The van der Waals surface area contributed by atoms with Crippen molar-refractivity contribution in [1.82, 2.24) is 9.78 Å². The lowest BCUT2D eigenvalue weighted by Crippen LogP contribution is -2.20. The van der Waals surface area contributed by atoms with E-state index in [1.165, 1.54) is 4.68 Å². The van der Waals surface area contributed by atoms with Crippen LogP contribution in [-0.2, 0) is 13.5 Å². The van der Waals surface area contributed by atoms with E-state index in [0.717, 1.165) is 6.42 Å². The summed E-state index contributed by atoms with van der Waals surface area (Å²) in [6.07, 6.45) is 1.45. The lowest BCUT2D eigenvalue weighted by Gasteiger charge is -2.09. The van der Waals surface area contributed by atoms with Crippen molar-refractivity contribution >= 4 is 11.5 Å². The van der Waals surface area contributed by atoms with Gasteiger partial charge in [-0.05, 0) is 12.8 Å². The van der Waals surface area contributed by atoms with Crippen molar-refractivity contribution < 1.29 is 10.0 Å². The van der Waals surface area contributed by atoms with Gasteiger partial charge in [0.2, 0.25) is 5.82 Å². The fourth-order valence-electron chi connectivity index (χ4n) is 1.72. The van der Waals surface area contributed by atoms with E-state index in [2.05, 4.69) is 10.4 Å². The van der Waals surface area contributed by atoms with Crippen LogP contribution in [0.2, 0.25) is 0 Å². The maximum atomic E-state index is 11.1. The van der Waals surface area contributed by atoms with E-state index in [0.29, 0.717) is 24.4 Å². The number of aliphatic hydroxyl groups excluding tert-OH is 1. The molecule has 7 nitrogen and oxygen atoms in total. The molecular formula is C11H20N4O3. The Labute approximate surface area is 106 Å². The Morgan fingerprint density at radius 3 is 2.72 bits per heavy atom. The molecule has 1 rings (SSSR count). The summed E-state index contributed by atoms with van der Waals surface area (Å²) >= 11 is 0. The van der Waals surface area contributed by atoms with E-state index < -0.39 is 11.0 Å². The Morgan fingerprint density at radius 1 is 1.56 bits per heavy atom. The molecule has 1 heterocycles. The molecule has 0 aliphatic heterocycles. The number of rotatable bonds is 7. The van der Waals surface area contributed by atoms with Crippen molar-refractivity contribution in [1.29, 1.82) is 0 Å². The van der Waals surface area contributed by atoms with Crippen molar-refractivity contribution in [2.24, 2.45) is 7.05 Å². The molecule has 7 heteroatoms. The minimum absolute atomic E-state index is 0.0163. The lowest BCUT2D eigenvalue weighted by atomic mass is 10.2. The Hall–Kier alpha value is -1.63. The Morgan fingerprint density at radius 2 is 2.22 bits per heavy atom. The van der Waals surface area contributed by atoms with Crippen molar-refractivity contribution in [3.63, 3.8) is 0 Å². The molecule has 0 aliphatic rings. The molecule has 1 atom stereocenters. The summed E-state index contributed by atoms with van der Waals surface area (Å²) in [4.78, 5) is 10.7. The van der Waals surface area contributed by atoms with Crippen LogP contribution in [0.3, 0.4) is 0 Å². The first-order valence-corrected chi connectivity index (χ1v) is 6.13.